The first kappa shape index (κ1) is 72.6. The standard InChI is InChI=1S/C68H133NO5/c1-3-5-7-9-11-13-15-17-19-21-22-23-24-25-26-29-32-36-40-44-48-52-56-60-66(71)65(64-70)69-67(72)61-57-53-49-45-41-37-33-30-27-31-35-39-43-47-51-55-59-63-74-68(73)62-58-54-50-46-42-38-34-28-20-18-16-14-12-10-8-6-4-2/h27,31,65-66,70-71H,3-26,28-30,32-64H2,1-2H3,(H,69,72)/b31-27-. The highest BCUT2D eigenvalue weighted by Gasteiger charge is 2.20. The van der Waals surface area contributed by atoms with Gasteiger partial charge < -0.3 is 20.3 Å². The Balaban J connectivity index is 3.43. The molecule has 0 aromatic heterocycles. The normalized spacial score (nSPS) is 12.5. The number of aliphatic hydroxyl groups excluding tert-OH is 2. The van der Waals surface area contributed by atoms with Crippen LogP contribution >= 0.6 is 0 Å². The lowest BCUT2D eigenvalue weighted by Gasteiger charge is -2.22. The van der Waals surface area contributed by atoms with E-state index in [1.165, 1.54) is 302 Å². The molecule has 0 aliphatic carbocycles. The topological polar surface area (TPSA) is 95.9 Å². The molecule has 0 aliphatic rings. The number of allylic oxidation sites excluding steroid dienone is 2. The summed E-state index contributed by atoms with van der Waals surface area (Å²) in [5, 5.41) is 23.4. The van der Waals surface area contributed by atoms with Gasteiger partial charge in [0.2, 0.25) is 5.91 Å². The number of rotatable bonds is 64. The van der Waals surface area contributed by atoms with Crippen molar-refractivity contribution in [3.05, 3.63) is 12.2 Å². The number of carbonyl (C=O) groups is 2. The molecule has 0 heterocycles. The number of carbonyl (C=O) groups excluding carboxylic acids is 2. The SMILES string of the molecule is CCCCCCCCCCCCCCCCCCCCCCCCCC(O)C(CO)NC(=O)CCCCCCCCC/C=C\CCCCCCCCOC(=O)CCCCCCCCCCCCCCCCCCC. The number of hydrogen-bond acceptors (Lipinski definition) is 5. The zero-order valence-corrected chi connectivity index (χ0v) is 50.4. The first-order chi connectivity index (χ1) is 36.5. The van der Waals surface area contributed by atoms with Crippen molar-refractivity contribution in [1.29, 1.82) is 0 Å². The number of nitrogens with one attached hydrogen (secondary N) is 1. The molecule has 2 atom stereocenters. The summed E-state index contributed by atoms with van der Waals surface area (Å²) in [5.41, 5.74) is 0. The van der Waals surface area contributed by atoms with Gasteiger partial charge in [0.1, 0.15) is 0 Å². The molecular formula is C68H133NO5. The van der Waals surface area contributed by atoms with Gasteiger partial charge in [0, 0.05) is 12.8 Å². The van der Waals surface area contributed by atoms with Crippen molar-refractivity contribution in [2.45, 2.75) is 398 Å². The van der Waals surface area contributed by atoms with E-state index < -0.39 is 12.1 Å². The van der Waals surface area contributed by atoms with Crippen LogP contribution in [0.15, 0.2) is 12.2 Å². The van der Waals surface area contributed by atoms with Crippen LogP contribution in [0.1, 0.15) is 386 Å². The van der Waals surface area contributed by atoms with Gasteiger partial charge in [0.15, 0.2) is 0 Å². The van der Waals surface area contributed by atoms with E-state index in [-0.39, 0.29) is 18.5 Å². The number of amides is 1. The van der Waals surface area contributed by atoms with Crippen molar-refractivity contribution in [3.63, 3.8) is 0 Å². The van der Waals surface area contributed by atoms with E-state index in [0.29, 0.717) is 25.9 Å². The van der Waals surface area contributed by atoms with Crippen molar-refractivity contribution in [1.82, 2.24) is 5.32 Å². The monoisotopic (exact) mass is 1040 g/mol. The lowest BCUT2D eigenvalue weighted by Crippen LogP contribution is -2.45. The van der Waals surface area contributed by atoms with Crippen LogP contribution in [0.4, 0.5) is 0 Å². The van der Waals surface area contributed by atoms with Crippen LogP contribution < -0.4 is 5.32 Å². The van der Waals surface area contributed by atoms with Crippen LogP contribution in [0.5, 0.6) is 0 Å². The molecule has 0 saturated heterocycles. The van der Waals surface area contributed by atoms with Gasteiger partial charge in [0.25, 0.3) is 0 Å². The molecule has 0 aliphatic heterocycles. The fraction of sp³-hybridized carbons (Fsp3) is 0.941. The largest absolute Gasteiger partial charge is 0.466 e. The smallest absolute Gasteiger partial charge is 0.305 e. The molecule has 0 bridgehead atoms. The highest BCUT2D eigenvalue weighted by atomic mass is 16.5. The first-order valence-corrected chi connectivity index (χ1v) is 33.9. The zero-order valence-electron chi connectivity index (χ0n) is 50.4. The maximum absolute atomic E-state index is 12.5. The summed E-state index contributed by atoms with van der Waals surface area (Å²) in [6.45, 7) is 4.98. The number of hydrogen-bond donors (Lipinski definition) is 3. The molecule has 2 unspecified atom stereocenters. The molecule has 0 rings (SSSR count). The van der Waals surface area contributed by atoms with E-state index in [2.05, 4.69) is 31.3 Å². The van der Waals surface area contributed by atoms with Crippen LogP contribution in [0.2, 0.25) is 0 Å². The summed E-state index contributed by atoms with van der Waals surface area (Å²) in [5.74, 6) is -0.0386. The number of ether oxygens (including phenoxy) is 1. The third-order valence-corrected chi connectivity index (χ3v) is 16.1. The average Bonchev–Trinajstić information content (AvgIpc) is 3.40. The average molecular weight is 1040 g/mol. The molecule has 0 fully saturated rings. The summed E-state index contributed by atoms with van der Waals surface area (Å²) in [7, 11) is 0. The Kier molecular flexibility index (Phi) is 62.9. The maximum Gasteiger partial charge on any atom is 0.305 e. The highest BCUT2D eigenvalue weighted by molar-refractivity contribution is 5.76. The van der Waals surface area contributed by atoms with Crippen LogP contribution in [-0.4, -0.2) is 47.4 Å². The van der Waals surface area contributed by atoms with Gasteiger partial charge >= 0.3 is 5.97 Å². The molecular weight excluding hydrogens is 911 g/mol. The molecule has 74 heavy (non-hydrogen) atoms. The van der Waals surface area contributed by atoms with Crippen molar-refractivity contribution in [2.24, 2.45) is 0 Å². The summed E-state index contributed by atoms with van der Waals surface area (Å²) in [6, 6.07) is -0.551. The minimum Gasteiger partial charge on any atom is -0.466 e. The lowest BCUT2D eigenvalue weighted by atomic mass is 10.0. The third-order valence-electron chi connectivity index (χ3n) is 16.1. The number of unbranched alkanes of at least 4 members (excludes halogenated alkanes) is 51. The summed E-state index contributed by atoms with van der Waals surface area (Å²) < 4.78 is 5.49. The Labute approximate surface area is 463 Å². The Morgan fingerprint density at radius 3 is 0.959 bits per heavy atom. The fourth-order valence-corrected chi connectivity index (χ4v) is 10.9. The second kappa shape index (κ2) is 64.1. The van der Waals surface area contributed by atoms with Crippen molar-refractivity contribution >= 4 is 11.9 Å². The van der Waals surface area contributed by atoms with Crippen molar-refractivity contribution in [2.75, 3.05) is 13.2 Å². The Morgan fingerprint density at radius 2 is 0.635 bits per heavy atom. The van der Waals surface area contributed by atoms with E-state index in [4.69, 9.17) is 4.74 Å². The summed E-state index contributed by atoms with van der Waals surface area (Å²) in [6.07, 6.45) is 78.1. The third kappa shape index (κ3) is 59.8. The maximum atomic E-state index is 12.5. The molecule has 0 aromatic rings. The van der Waals surface area contributed by atoms with Gasteiger partial charge in [-0.05, 0) is 51.4 Å². The molecule has 0 aromatic carbocycles. The minimum atomic E-state index is -0.673. The Morgan fingerprint density at radius 1 is 0.365 bits per heavy atom. The van der Waals surface area contributed by atoms with E-state index in [1.807, 2.05) is 0 Å². The number of aliphatic hydroxyl groups is 2. The van der Waals surface area contributed by atoms with Crippen LogP contribution in [0.3, 0.4) is 0 Å². The molecule has 6 heteroatoms. The molecule has 0 radical (unpaired) electrons. The lowest BCUT2D eigenvalue weighted by molar-refractivity contribution is -0.143. The predicted molar refractivity (Wildman–Crippen MR) is 324 cm³/mol. The van der Waals surface area contributed by atoms with Crippen LogP contribution in [0.25, 0.3) is 0 Å². The second-order valence-electron chi connectivity index (χ2n) is 23.5. The number of esters is 1. The van der Waals surface area contributed by atoms with Gasteiger partial charge in [-0.25, -0.2) is 0 Å². The Hall–Kier alpha value is -1.40. The molecule has 6 nitrogen and oxygen atoms in total. The van der Waals surface area contributed by atoms with Gasteiger partial charge in [-0.15, -0.1) is 0 Å². The minimum absolute atomic E-state index is 0.00351. The van der Waals surface area contributed by atoms with Crippen LogP contribution in [-0.2, 0) is 14.3 Å². The Bertz CT molecular complexity index is 1110. The van der Waals surface area contributed by atoms with Crippen LogP contribution in [0, 0.1) is 0 Å². The van der Waals surface area contributed by atoms with E-state index >= 15 is 0 Å². The second-order valence-corrected chi connectivity index (χ2v) is 23.5. The van der Waals surface area contributed by atoms with Gasteiger partial charge in [0.05, 0.1) is 25.4 Å². The quantitative estimate of drug-likeness (QED) is 0.0320. The van der Waals surface area contributed by atoms with Crippen molar-refractivity contribution in [3.8, 4) is 0 Å². The van der Waals surface area contributed by atoms with E-state index in [1.54, 1.807) is 0 Å². The fourth-order valence-electron chi connectivity index (χ4n) is 10.9. The summed E-state index contributed by atoms with van der Waals surface area (Å²) in [4.78, 5) is 24.6. The first-order valence-electron chi connectivity index (χ1n) is 33.9. The predicted octanol–water partition coefficient (Wildman–Crippen LogP) is 21.6. The molecule has 3 N–H and O–H groups in total. The molecule has 0 spiro atoms. The molecule has 0 saturated carbocycles. The summed E-state index contributed by atoms with van der Waals surface area (Å²) >= 11 is 0. The molecule has 440 valence electrons. The van der Waals surface area contributed by atoms with Gasteiger partial charge in [-0.2, -0.15) is 0 Å². The zero-order chi connectivity index (χ0) is 53.6. The highest BCUT2D eigenvalue weighted by Crippen LogP contribution is 2.19. The van der Waals surface area contributed by atoms with Gasteiger partial charge in [-0.1, -0.05) is 334 Å². The van der Waals surface area contributed by atoms with Crippen molar-refractivity contribution < 1.29 is 24.5 Å². The van der Waals surface area contributed by atoms with E-state index in [9.17, 15) is 19.8 Å². The van der Waals surface area contributed by atoms with E-state index in [0.717, 1.165) is 51.4 Å². The molecule has 1 amide bonds. The van der Waals surface area contributed by atoms with Gasteiger partial charge in [-0.3, -0.25) is 9.59 Å².